The Hall–Kier alpha value is -0.610. The molecule has 0 amide bonds. The lowest BCUT2D eigenvalue weighted by molar-refractivity contribution is -0.139. The smallest absolute Gasteiger partial charge is 0.320 e. The van der Waals surface area contributed by atoms with Gasteiger partial charge in [-0.25, -0.2) is 0 Å². The van der Waals surface area contributed by atoms with Crippen molar-refractivity contribution in [3.05, 3.63) is 0 Å². The van der Waals surface area contributed by atoms with Gasteiger partial charge in [0.15, 0.2) is 0 Å². The van der Waals surface area contributed by atoms with Crippen molar-refractivity contribution in [2.75, 3.05) is 13.2 Å². The lowest BCUT2D eigenvalue weighted by Gasteiger charge is -2.17. The van der Waals surface area contributed by atoms with E-state index in [0.29, 0.717) is 6.67 Å². The molecule has 1 heterocycles. The van der Waals surface area contributed by atoms with Crippen LogP contribution in [-0.4, -0.2) is 30.3 Å². The molecular formula is C7H14N2O2. The fourth-order valence-electron chi connectivity index (χ4n) is 1.20. The summed E-state index contributed by atoms with van der Waals surface area (Å²) in [5, 5.41) is 14.7. The number of carboxylic acids is 1. The summed E-state index contributed by atoms with van der Waals surface area (Å²) < 4.78 is 0. The van der Waals surface area contributed by atoms with Crippen molar-refractivity contribution in [3.8, 4) is 0 Å². The molecule has 0 aliphatic carbocycles. The van der Waals surface area contributed by atoms with Crippen LogP contribution in [0.3, 0.4) is 0 Å². The van der Waals surface area contributed by atoms with Crippen LogP contribution in [0, 0.1) is 0 Å². The van der Waals surface area contributed by atoms with E-state index in [1.165, 1.54) is 0 Å². The first-order chi connectivity index (χ1) is 5.30. The van der Waals surface area contributed by atoms with Crippen molar-refractivity contribution in [2.45, 2.75) is 25.3 Å². The van der Waals surface area contributed by atoms with Gasteiger partial charge in [0.05, 0.1) is 0 Å². The molecule has 0 aromatic heterocycles. The zero-order valence-electron chi connectivity index (χ0n) is 6.47. The summed E-state index contributed by atoms with van der Waals surface area (Å²) in [7, 11) is 0. The second-order valence-electron chi connectivity index (χ2n) is 2.77. The molecule has 0 saturated carbocycles. The van der Waals surface area contributed by atoms with Crippen molar-refractivity contribution in [1.29, 1.82) is 0 Å². The summed E-state index contributed by atoms with van der Waals surface area (Å²) in [6.07, 6.45) is 2.80. The first-order valence-electron chi connectivity index (χ1n) is 3.97. The Labute approximate surface area is 66.0 Å². The highest BCUT2D eigenvalue weighted by atomic mass is 16.4. The van der Waals surface area contributed by atoms with E-state index in [4.69, 9.17) is 5.11 Å². The van der Waals surface area contributed by atoms with E-state index in [9.17, 15) is 4.79 Å². The van der Waals surface area contributed by atoms with Crippen LogP contribution >= 0.6 is 0 Å². The minimum atomic E-state index is -0.742. The van der Waals surface area contributed by atoms with Crippen LogP contribution in [0.4, 0.5) is 0 Å². The lowest BCUT2D eigenvalue weighted by atomic mass is 10.1. The third kappa shape index (κ3) is 2.86. The van der Waals surface area contributed by atoms with Crippen molar-refractivity contribution in [2.24, 2.45) is 0 Å². The molecule has 4 nitrogen and oxygen atoms in total. The molecular weight excluding hydrogens is 144 g/mol. The number of carboxylic acid groups (broad SMARTS) is 1. The highest BCUT2D eigenvalue weighted by Crippen LogP contribution is 2.02. The Balaban J connectivity index is 2.32. The zero-order chi connectivity index (χ0) is 8.10. The highest BCUT2D eigenvalue weighted by molar-refractivity contribution is 5.73. The van der Waals surface area contributed by atoms with Crippen LogP contribution in [0.2, 0.25) is 0 Å². The number of hydrogen-bond donors (Lipinski definition) is 3. The molecule has 1 aliphatic heterocycles. The monoisotopic (exact) mass is 158 g/mol. The topological polar surface area (TPSA) is 61.4 Å². The highest BCUT2D eigenvalue weighted by Gasteiger charge is 2.16. The zero-order valence-corrected chi connectivity index (χ0v) is 6.47. The first-order valence-corrected chi connectivity index (χ1v) is 3.97. The fraction of sp³-hybridized carbons (Fsp3) is 0.857. The summed E-state index contributed by atoms with van der Waals surface area (Å²) in [6, 6.07) is -0.359. The van der Waals surface area contributed by atoms with Crippen molar-refractivity contribution >= 4 is 5.97 Å². The summed E-state index contributed by atoms with van der Waals surface area (Å²) in [5.41, 5.74) is 0. The number of rotatable bonds is 1. The molecule has 1 rings (SSSR count). The molecule has 4 heteroatoms. The Bertz CT molecular complexity index is 130. The van der Waals surface area contributed by atoms with Gasteiger partial charge in [-0.05, 0) is 19.4 Å². The van der Waals surface area contributed by atoms with E-state index in [1.54, 1.807) is 0 Å². The Kier molecular flexibility index (Phi) is 3.32. The maximum atomic E-state index is 10.5. The Morgan fingerprint density at radius 2 is 2.27 bits per heavy atom. The second-order valence-corrected chi connectivity index (χ2v) is 2.77. The van der Waals surface area contributed by atoms with Crippen LogP contribution in [0.15, 0.2) is 0 Å². The van der Waals surface area contributed by atoms with Gasteiger partial charge >= 0.3 is 5.97 Å². The predicted molar refractivity (Wildman–Crippen MR) is 41.3 cm³/mol. The largest absolute Gasteiger partial charge is 0.480 e. The average Bonchev–Trinajstić information content (AvgIpc) is 1.84. The Morgan fingerprint density at radius 1 is 1.45 bits per heavy atom. The molecule has 0 unspecified atom stereocenters. The maximum absolute atomic E-state index is 10.5. The van der Waals surface area contributed by atoms with E-state index >= 15 is 0 Å². The molecule has 1 atom stereocenters. The molecule has 0 aromatic carbocycles. The van der Waals surface area contributed by atoms with Crippen molar-refractivity contribution in [1.82, 2.24) is 10.6 Å². The van der Waals surface area contributed by atoms with Crippen molar-refractivity contribution < 1.29 is 9.90 Å². The summed E-state index contributed by atoms with van der Waals surface area (Å²) in [5.74, 6) is -0.742. The molecule has 1 aliphatic rings. The van der Waals surface area contributed by atoms with E-state index in [2.05, 4.69) is 10.6 Å². The number of carbonyl (C=O) groups is 1. The van der Waals surface area contributed by atoms with Crippen LogP contribution in [0.5, 0.6) is 0 Å². The van der Waals surface area contributed by atoms with E-state index in [0.717, 1.165) is 25.8 Å². The van der Waals surface area contributed by atoms with E-state index in [-0.39, 0.29) is 6.04 Å². The molecule has 11 heavy (non-hydrogen) atoms. The van der Waals surface area contributed by atoms with Gasteiger partial charge in [0.1, 0.15) is 6.04 Å². The van der Waals surface area contributed by atoms with Crippen molar-refractivity contribution in [3.63, 3.8) is 0 Å². The van der Waals surface area contributed by atoms with Crippen LogP contribution in [0.1, 0.15) is 19.3 Å². The van der Waals surface area contributed by atoms with Gasteiger partial charge < -0.3 is 10.4 Å². The average molecular weight is 158 g/mol. The molecule has 0 bridgehead atoms. The maximum Gasteiger partial charge on any atom is 0.320 e. The summed E-state index contributed by atoms with van der Waals surface area (Å²) in [6.45, 7) is 1.59. The molecule has 3 N–H and O–H groups in total. The molecule has 64 valence electrons. The predicted octanol–water partition coefficient (Wildman–Crippen LogP) is -0.240. The molecule has 0 spiro atoms. The van der Waals surface area contributed by atoms with Gasteiger partial charge in [0, 0.05) is 6.67 Å². The first kappa shape index (κ1) is 8.49. The van der Waals surface area contributed by atoms with E-state index < -0.39 is 5.97 Å². The fourth-order valence-corrected chi connectivity index (χ4v) is 1.20. The van der Waals surface area contributed by atoms with Gasteiger partial charge in [-0.2, -0.15) is 0 Å². The molecule has 0 radical (unpaired) electrons. The second kappa shape index (κ2) is 4.31. The van der Waals surface area contributed by atoms with Gasteiger partial charge in [-0.15, -0.1) is 0 Å². The number of aliphatic carboxylic acids is 1. The quantitative estimate of drug-likeness (QED) is 0.493. The molecule has 0 aromatic rings. The summed E-state index contributed by atoms with van der Waals surface area (Å²) in [4.78, 5) is 10.5. The molecule has 1 fully saturated rings. The van der Waals surface area contributed by atoms with Crippen LogP contribution in [-0.2, 0) is 4.79 Å². The van der Waals surface area contributed by atoms with Gasteiger partial charge in [-0.1, -0.05) is 6.42 Å². The van der Waals surface area contributed by atoms with Gasteiger partial charge in [0.25, 0.3) is 0 Å². The van der Waals surface area contributed by atoms with Crippen LogP contribution < -0.4 is 10.6 Å². The van der Waals surface area contributed by atoms with E-state index in [1.807, 2.05) is 0 Å². The lowest BCUT2D eigenvalue weighted by Crippen LogP contribution is -2.43. The summed E-state index contributed by atoms with van der Waals surface area (Å²) >= 11 is 0. The SMILES string of the molecule is O=C(O)[C@@H]1CCCCNCN1. The minimum Gasteiger partial charge on any atom is -0.480 e. The minimum absolute atomic E-state index is 0.359. The normalized spacial score (nSPS) is 27.1. The number of hydrogen-bond acceptors (Lipinski definition) is 3. The Morgan fingerprint density at radius 3 is 3.00 bits per heavy atom. The van der Waals surface area contributed by atoms with Gasteiger partial charge in [-0.3, -0.25) is 10.1 Å². The molecule has 1 saturated heterocycles. The van der Waals surface area contributed by atoms with Crippen LogP contribution in [0.25, 0.3) is 0 Å². The number of nitrogens with one attached hydrogen (secondary N) is 2. The van der Waals surface area contributed by atoms with Gasteiger partial charge in [0.2, 0.25) is 0 Å². The third-order valence-electron chi connectivity index (χ3n) is 1.87. The third-order valence-corrected chi connectivity index (χ3v) is 1.87. The standard InChI is InChI=1S/C7H14N2O2/c10-7(11)6-3-1-2-4-8-5-9-6/h6,8-9H,1-5H2,(H,10,11)/t6-/m0/s1.